The topological polar surface area (TPSA) is 86.8 Å². The molecule has 4 rings (SSSR count). The molecule has 31 heavy (non-hydrogen) atoms. The predicted molar refractivity (Wildman–Crippen MR) is 114 cm³/mol. The molecule has 0 bridgehead atoms. The number of hydrogen-bond donors (Lipinski definition) is 2. The number of anilines is 2. The van der Waals surface area contributed by atoms with Crippen molar-refractivity contribution < 1.29 is 18.7 Å². The van der Waals surface area contributed by atoms with Crippen LogP contribution in [0.5, 0.6) is 0 Å². The number of nitrogens with one attached hydrogen (secondary N) is 2. The van der Waals surface area contributed by atoms with Gasteiger partial charge in [-0.15, -0.1) is 0 Å². The van der Waals surface area contributed by atoms with Crippen LogP contribution in [-0.4, -0.2) is 58.2 Å². The summed E-state index contributed by atoms with van der Waals surface area (Å²) in [4.78, 5) is 32.2. The Kier molecular flexibility index (Phi) is 5.53. The molecule has 2 saturated heterocycles. The molecule has 0 aliphatic carbocycles. The van der Waals surface area contributed by atoms with Crippen LogP contribution in [0, 0.1) is 12.7 Å². The second-order valence-corrected chi connectivity index (χ2v) is 8.46. The number of halogens is 1. The van der Waals surface area contributed by atoms with Crippen molar-refractivity contribution in [3.05, 3.63) is 53.6 Å². The Hall–Kier alpha value is -3.20. The average Bonchev–Trinajstić information content (AvgIpc) is 2.95. The second-order valence-electron chi connectivity index (χ2n) is 8.46. The first-order valence-corrected chi connectivity index (χ1v) is 10.2. The maximum absolute atomic E-state index is 15.1. The number of urea groups is 1. The number of fused-ring (bicyclic) bond motifs is 1. The Labute approximate surface area is 180 Å². The summed E-state index contributed by atoms with van der Waals surface area (Å²) in [5, 5.41) is 5.21. The smallest absolute Gasteiger partial charge is 0.410 e. The van der Waals surface area contributed by atoms with Crippen LogP contribution in [0.15, 0.2) is 36.5 Å². The van der Waals surface area contributed by atoms with E-state index in [2.05, 4.69) is 20.5 Å². The predicted octanol–water partition coefficient (Wildman–Crippen LogP) is 3.59. The summed E-state index contributed by atoms with van der Waals surface area (Å²) in [5.41, 5.74) is 1.36. The maximum Gasteiger partial charge on any atom is 0.410 e. The first kappa shape index (κ1) is 21.0. The average molecular weight is 427 g/mol. The normalized spacial score (nSPS) is 20.2. The van der Waals surface area contributed by atoms with Gasteiger partial charge in [-0.25, -0.2) is 14.0 Å². The van der Waals surface area contributed by atoms with Crippen LogP contribution in [0.4, 0.5) is 25.4 Å². The molecule has 2 aromatic rings. The van der Waals surface area contributed by atoms with Gasteiger partial charge in [0.1, 0.15) is 5.60 Å². The van der Waals surface area contributed by atoms with Crippen molar-refractivity contribution in [2.75, 3.05) is 30.3 Å². The van der Waals surface area contributed by atoms with Gasteiger partial charge in [-0.2, -0.15) is 0 Å². The van der Waals surface area contributed by atoms with E-state index in [-0.39, 0.29) is 17.8 Å². The molecule has 8 nitrogen and oxygen atoms in total. The second kappa shape index (κ2) is 8.14. The van der Waals surface area contributed by atoms with Crippen LogP contribution < -0.4 is 10.6 Å². The van der Waals surface area contributed by atoms with Gasteiger partial charge in [-0.1, -0.05) is 12.1 Å². The fraction of sp³-hybridized carbons (Fsp3) is 0.409. The zero-order chi connectivity index (χ0) is 22.2. The molecule has 1 atom stereocenters. The zero-order valence-corrected chi connectivity index (χ0v) is 17.8. The minimum Gasteiger partial charge on any atom is -0.441 e. The lowest BCUT2D eigenvalue weighted by Crippen LogP contribution is -2.55. The lowest BCUT2D eigenvalue weighted by atomic mass is 9.96. The monoisotopic (exact) mass is 427 g/mol. The van der Waals surface area contributed by atoms with Gasteiger partial charge < -0.3 is 15.4 Å². The van der Waals surface area contributed by atoms with Gasteiger partial charge in [-0.3, -0.25) is 14.8 Å². The van der Waals surface area contributed by atoms with Crippen LogP contribution in [0.25, 0.3) is 0 Å². The Morgan fingerprint density at radius 3 is 2.81 bits per heavy atom. The van der Waals surface area contributed by atoms with Crippen molar-refractivity contribution in [1.82, 2.24) is 14.8 Å². The molecule has 2 fully saturated rings. The van der Waals surface area contributed by atoms with Gasteiger partial charge in [0.2, 0.25) is 0 Å². The number of hydrogen-bond acceptors (Lipinski definition) is 5. The molecule has 1 aromatic carbocycles. The Morgan fingerprint density at radius 1 is 1.26 bits per heavy atom. The highest BCUT2D eigenvalue weighted by Crippen LogP contribution is 2.32. The number of piperazine rings is 1. The highest BCUT2D eigenvalue weighted by atomic mass is 19.1. The number of pyridine rings is 1. The summed E-state index contributed by atoms with van der Waals surface area (Å²) in [6.45, 7) is 7.78. The van der Waals surface area contributed by atoms with E-state index >= 15 is 4.39 Å². The number of benzene rings is 1. The van der Waals surface area contributed by atoms with Gasteiger partial charge >= 0.3 is 12.1 Å². The molecule has 0 unspecified atom stereocenters. The van der Waals surface area contributed by atoms with E-state index < -0.39 is 17.4 Å². The highest BCUT2D eigenvalue weighted by Gasteiger charge is 2.49. The summed E-state index contributed by atoms with van der Waals surface area (Å²) in [5.74, 6) is -0.472. The molecule has 0 saturated carbocycles. The van der Waals surface area contributed by atoms with E-state index in [1.54, 1.807) is 35.4 Å². The molecule has 3 heterocycles. The van der Waals surface area contributed by atoms with Crippen molar-refractivity contribution in [3.63, 3.8) is 0 Å². The van der Waals surface area contributed by atoms with Crippen LogP contribution in [0.3, 0.4) is 0 Å². The van der Waals surface area contributed by atoms with Crippen LogP contribution in [0.2, 0.25) is 0 Å². The van der Waals surface area contributed by atoms with E-state index in [1.807, 2.05) is 20.8 Å². The third-order valence-electron chi connectivity index (χ3n) is 5.74. The highest BCUT2D eigenvalue weighted by molar-refractivity contribution is 5.99. The van der Waals surface area contributed by atoms with E-state index in [4.69, 9.17) is 4.74 Å². The van der Waals surface area contributed by atoms with Crippen LogP contribution in [-0.2, 0) is 11.3 Å². The minimum atomic E-state index is -0.583. The van der Waals surface area contributed by atoms with Crippen molar-refractivity contribution in [2.24, 2.45) is 0 Å². The minimum absolute atomic E-state index is 0.0768. The number of cyclic esters (lactones) is 1. The van der Waals surface area contributed by atoms with Crippen molar-refractivity contribution in [1.29, 1.82) is 0 Å². The van der Waals surface area contributed by atoms with Crippen molar-refractivity contribution in [3.8, 4) is 0 Å². The van der Waals surface area contributed by atoms with Gasteiger partial charge in [0, 0.05) is 37.4 Å². The number of aromatic nitrogens is 1. The summed E-state index contributed by atoms with van der Waals surface area (Å²) < 4.78 is 20.6. The number of amides is 3. The Bertz CT molecular complexity index is 995. The Balaban J connectivity index is 1.41. The lowest BCUT2D eigenvalue weighted by molar-refractivity contribution is 0.0419. The number of ether oxygens (including phenoxy) is 1. The van der Waals surface area contributed by atoms with E-state index in [0.29, 0.717) is 37.4 Å². The largest absolute Gasteiger partial charge is 0.441 e. The summed E-state index contributed by atoms with van der Waals surface area (Å²) in [6.07, 6.45) is 1.25. The fourth-order valence-corrected chi connectivity index (χ4v) is 4.01. The van der Waals surface area contributed by atoms with Gasteiger partial charge in [0.15, 0.2) is 5.82 Å². The number of carbonyl (C=O) groups excluding carboxylic acids is 2. The first-order valence-electron chi connectivity index (χ1n) is 10.2. The molecule has 0 spiro atoms. The van der Waals surface area contributed by atoms with E-state index in [0.717, 1.165) is 5.69 Å². The van der Waals surface area contributed by atoms with E-state index in [1.165, 1.54) is 6.07 Å². The number of carbonyl (C=O) groups is 2. The number of aryl methyl sites for hydroxylation is 1. The molecular formula is C22H26FN5O3. The van der Waals surface area contributed by atoms with Crippen molar-refractivity contribution >= 4 is 23.5 Å². The van der Waals surface area contributed by atoms with Crippen molar-refractivity contribution in [2.45, 2.75) is 39.0 Å². The zero-order valence-electron chi connectivity index (χ0n) is 17.8. The molecule has 2 N–H and O–H groups in total. The molecule has 2 aliphatic rings. The summed E-state index contributed by atoms with van der Waals surface area (Å²) >= 11 is 0. The van der Waals surface area contributed by atoms with Gasteiger partial charge in [-0.05, 0) is 39.0 Å². The van der Waals surface area contributed by atoms with Gasteiger partial charge in [0.05, 0.1) is 23.6 Å². The van der Waals surface area contributed by atoms with Gasteiger partial charge in [0.25, 0.3) is 0 Å². The molecule has 9 heteroatoms. The summed E-state index contributed by atoms with van der Waals surface area (Å²) in [7, 11) is 0. The third-order valence-corrected chi connectivity index (χ3v) is 5.74. The number of rotatable bonds is 4. The molecule has 0 radical (unpaired) electrons. The Morgan fingerprint density at radius 2 is 2.06 bits per heavy atom. The summed E-state index contributed by atoms with van der Waals surface area (Å²) in [6, 6.07) is 7.83. The standard InChI is InChI=1S/C22H26FN5O3/c1-14-7-8-16(11-24-14)25-20(29)26-17-6-4-5-15(19(17)23)12-27-9-10-28-18(13-27)22(2,3)31-21(28)30/h4-8,11,18H,9-10,12-13H2,1-3H3,(H2,25,26,29)/t18-/m0/s1. The fourth-order valence-electron chi connectivity index (χ4n) is 4.01. The quantitative estimate of drug-likeness (QED) is 0.779. The lowest BCUT2D eigenvalue weighted by Gasteiger charge is -2.39. The maximum atomic E-state index is 15.1. The first-order chi connectivity index (χ1) is 14.7. The molecular weight excluding hydrogens is 401 g/mol. The molecule has 2 aliphatic heterocycles. The van der Waals surface area contributed by atoms with E-state index in [9.17, 15) is 9.59 Å². The third kappa shape index (κ3) is 4.46. The number of nitrogens with zero attached hydrogens (tertiary/aromatic N) is 3. The van der Waals surface area contributed by atoms with Crippen LogP contribution in [0.1, 0.15) is 25.1 Å². The SMILES string of the molecule is Cc1ccc(NC(=O)Nc2cccc(CN3CCN4C(=O)OC(C)(C)[C@@H]4C3)c2F)cn1. The molecule has 1 aromatic heterocycles. The molecule has 3 amide bonds. The molecule has 164 valence electrons. The van der Waals surface area contributed by atoms with Crippen LogP contribution >= 0.6 is 0 Å².